The summed E-state index contributed by atoms with van der Waals surface area (Å²) >= 11 is 0. The van der Waals surface area contributed by atoms with Crippen molar-refractivity contribution >= 4 is 0 Å². The van der Waals surface area contributed by atoms with Crippen LogP contribution in [0.2, 0.25) is 0 Å². The minimum Gasteiger partial charge on any atom is -0.309 e. The molecule has 0 amide bonds. The molecule has 2 nitrogen and oxygen atoms in total. The molecule has 0 spiro atoms. The van der Waals surface area contributed by atoms with E-state index in [0.29, 0.717) is 6.04 Å². The first-order chi connectivity index (χ1) is 7.45. The molecule has 2 heteroatoms. The maximum atomic E-state index is 4.38. The normalized spacial score (nSPS) is 13.8. The molecule has 1 aromatic heterocycles. The molecule has 0 saturated carbocycles. The molecule has 0 fully saturated rings. The summed E-state index contributed by atoms with van der Waals surface area (Å²) in [6.07, 6.45) is 3.15. The number of aromatic nitrogens is 1. The van der Waals surface area contributed by atoms with Gasteiger partial charge in [0, 0.05) is 17.9 Å². The molecule has 0 aliphatic carbocycles. The van der Waals surface area contributed by atoms with Gasteiger partial charge >= 0.3 is 0 Å². The van der Waals surface area contributed by atoms with Crippen LogP contribution in [0.25, 0.3) is 0 Å². The van der Waals surface area contributed by atoms with E-state index in [1.807, 2.05) is 13.1 Å². The number of hydrogen-bond donors (Lipinski definition) is 1. The smallest absolute Gasteiger partial charge is 0.0384 e. The fourth-order valence-electron chi connectivity index (χ4n) is 1.86. The number of nitrogens with zero attached hydrogens (tertiary/aromatic N) is 1. The zero-order chi connectivity index (χ0) is 12.2. The van der Waals surface area contributed by atoms with E-state index in [2.05, 4.69) is 50.1 Å². The number of pyridine rings is 1. The van der Waals surface area contributed by atoms with Gasteiger partial charge in [-0.2, -0.15) is 0 Å². The second-order valence-corrected chi connectivity index (χ2v) is 5.49. The van der Waals surface area contributed by atoms with Crippen molar-refractivity contribution in [1.82, 2.24) is 10.3 Å². The van der Waals surface area contributed by atoms with E-state index in [4.69, 9.17) is 0 Å². The predicted molar refractivity (Wildman–Crippen MR) is 69.5 cm³/mol. The van der Waals surface area contributed by atoms with Gasteiger partial charge in [-0.15, -0.1) is 0 Å². The van der Waals surface area contributed by atoms with Crippen LogP contribution in [0.1, 0.15) is 51.4 Å². The van der Waals surface area contributed by atoms with Crippen LogP contribution in [0.3, 0.4) is 0 Å². The van der Waals surface area contributed by atoms with Crippen molar-refractivity contribution in [3.8, 4) is 0 Å². The van der Waals surface area contributed by atoms with Crippen molar-refractivity contribution in [1.29, 1.82) is 0 Å². The Bertz CT molecular complexity index is 309. The van der Waals surface area contributed by atoms with Crippen molar-refractivity contribution in [3.63, 3.8) is 0 Å². The minimum absolute atomic E-state index is 0.214. The average Bonchev–Trinajstić information content (AvgIpc) is 2.19. The average molecular weight is 220 g/mol. The van der Waals surface area contributed by atoms with E-state index in [-0.39, 0.29) is 5.41 Å². The second-order valence-electron chi connectivity index (χ2n) is 5.49. The van der Waals surface area contributed by atoms with E-state index < -0.39 is 0 Å². The Morgan fingerprint density at radius 2 is 2.00 bits per heavy atom. The van der Waals surface area contributed by atoms with Gasteiger partial charge in [-0.05, 0) is 36.9 Å². The molecule has 0 bridgehead atoms. The largest absolute Gasteiger partial charge is 0.309 e. The number of aryl methyl sites for hydroxylation is 1. The molecule has 0 aliphatic heterocycles. The highest BCUT2D eigenvalue weighted by Gasteiger charge is 2.25. The monoisotopic (exact) mass is 220 g/mol. The van der Waals surface area contributed by atoms with Crippen LogP contribution >= 0.6 is 0 Å². The van der Waals surface area contributed by atoms with E-state index in [0.717, 1.165) is 18.7 Å². The van der Waals surface area contributed by atoms with Gasteiger partial charge in [0.2, 0.25) is 0 Å². The van der Waals surface area contributed by atoms with Crippen molar-refractivity contribution in [3.05, 3.63) is 29.6 Å². The van der Waals surface area contributed by atoms with Gasteiger partial charge in [-0.25, -0.2) is 0 Å². The lowest BCUT2D eigenvalue weighted by Gasteiger charge is -2.32. The SMILES string of the molecule is CCCNC(c1ccc(C)nc1)C(C)(C)C. The van der Waals surface area contributed by atoms with Crippen molar-refractivity contribution in [2.75, 3.05) is 6.54 Å². The molecule has 0 radical (unpaired) electrons. The fraction of sp³-hybridized carbons (Fsp3) is 0.643. The van der Waals surface area contributed by atoms with Crippen LogP contribution in [-0.2, 0) is 0 Å². The Labute approximate surface area is 99.5 Å². The first kappa shape index (κ1) is 13.2. The lowest BCUT2D eigenvalue weighted by molar-refractivity contribution is 0.273. The summed E-state index contributed by atoms with van der Waals surface area (Å²) < 4.78 is 0. The molecular weight excluding hydrogens is 196 g/mol. The van der Waals surface area contributed by atoms with Gasteiger partial charge in [0.15, 0.2) is 0 Å². The lowest BCUT2D eigenvalue weighted by atomic mass is 9.83. The van der Waals surface area contributed by atoms with Crippen LogP contribution in [0.4, 0.5) is 0 Å². The Morgan fingerprint density at radius 3 is 2.44 bits per heavy atom. The third kappa shape index (κ3) is 3.60. The number of rotatable bonds is 4. The molecule has 0 aromatic carbocycles. The molecule has 1 aromatic rings. The Balaban J connectivity index is 2.88. The molecular formula is C14H24N2. The first-order valence-corrected chi connectivity index (χ1v) is 6.11. The molecule has 90 valence electrons. The van der Waals surface area contributed by atoms with Crippen molar-refractivity contribution in [2.24, 2.45) is 5.41 Å². The van der Waals surface area contributed by atoms with Gasteiger partial charge in [0.05, 0.1) is 0 Å². The molecule has 1 atom stereocenters. The summed E-state index contributed by atoms with van der Waals surface area (Å²) in [6, 6.07) is 4.64. The van der Waals surface area contributed by atoms with E-state index in [1.165, 1.54) is 5.56 Å². The molecule has 1 heterocycles. The Morgan fingerprint density at radius 1 is 1.31 bits per heavy atom. The lowest BCUT2D eigenvalue weighted by Crippen LogP contribution is -2.32. The zero-order valence-corrected chi connectivity index (χ0v) is 11.2. The highest BCUT2D eigenvalue weighted by molar-refractivity contribution is 5.19. The fourth-order valence-corrected chi connectivity index (χ4v) is 1.86. The maximum Gasteiger partial charge on any atom is 0.0384 e. The first-order valence-electron chi connectivity index (χ1n) is 6.11. The molecule has 1 unspecified atom stereocenters. The van der Waals surface area contributed by atoms with Gasteiger partial charge in [0.1, 0.15) is 0 Å². The Hall–Kier alpha value is -0.890. The standard InChI is InChI=1S/C14H24N2/c1-6-9-15-13(14(3,4)5)12-8-7-11(2)16-10-12/h7-8,10,13,15H,6,9H2,1-5H3. The highest BCUT2D eigenvalue weighted by atomic mass is 14.9. The van der Waals surface area contributed by atoms with Crippen molar-refractivity contribution in [2.45, 2.75) is 47.1 Å². The summed E-state index contributed by atoms with van der Waals surface area (Å²) in [7, 11) is 0. The maximum absolute atomic E-state index is 4.38. The molecule has 1 N–H and O–H groups in total. The van der Waals surface area contributed by atoms with Crippen molar-refractivity contribution < 1.29 is 0 Å². The number of hydrogen-bond acceptors (Lipinski definition) is 2. The quantitative estimate of drug-likeness (QED) is 0.840. The summed E-state index contributed by atoms with van der Waals surface area (Å²) in [5, 5.41) is 3.61. The summed E-state index contributed by atoms with van der Waals surface area (Å²) in [5.74, 6) is 0. The highest BCUT2D eigenvalue weighted by Crippen LogP contribution is 2.32. The molecule has 16 heavy (non-hydrogen) atoms. The topological polar surface area (TPSA) is 24.9 Å². The summed E-state index contributed by atoms with van der Waals surface area (Å²) in [5.41, 5.74) is 2.57. The molecule has 0 aliphatic rings. The van der Waals surface area contributed by atoms with Crippen LogP contribution in [0.15, 0.2) is 18.3 Å². The van der Waals surface area contributed by atoms with Crippen LogP contribution in [0, 0.1) is 12.3 Å². The summed E-state index contributed by atoms with van der Waals surface area (Å²) in [6.45, 7) is 12.1. The van der Waals surface area contributed by atoms with Gasteiger partial charge in [-0.1, -0.05) is 33.8 Å². The number of nitrogens with one attached hydrogen (secondary N) is 1. The minimum atomic E-state index is 0.214. The summed E-state index contributed by atoms with van der Waals surface area (Å²) in [4.78, 5) is 4.38. The third-order valence-corrected chi connectivity index (χ3v) is 2.73. The Kier molecular flexibility index (Phi) is 4.48. The van der Waals surface area contributed by atoms with E-state index >= 15 is 0 Å². The van der Waals surface area contributed by atoms with Crippen LogP contribution in [0.5, 0.6) is 0 Å². The molecule has 0 saturated heterocycles. The molecule has 1 rings (SSSR count). The van der Waals surface area contributed by atoms with Crippen LogP contribution < -0.4 is 5.32 Å². The predicted octanol–water partition coefficient (Wildman–Crippen LogP) is 3.48. The second kappa shape index (κ2) is 5.44. The van der Waals surface area contributed by atoms with Gasteiger partial charge in [-0.3, -0.25) is 4.98 Å². The third-order valence-electron chi connectivity index (χ3n) is 2.73. The van der Waals surface area contributed by atoms with Gasteiger partial charge in [0.25, 0.3) is 0 Å². The van der Waals surface area contributed by atoms with Gasteiger partial charge < -0.3 is 5.32 Å². The van der Waals surface area contributed by atoms with Crippen LogP contribution in [-0.4, -0.2) is 11.5 Å². The van der Waals surface area contributed by atoms with E-state index in [9.17, 15) is 0 Å². The van der Waals surface area contributed by atoms with E-state index in [1.54, 1.807) is 0 Å². The zero-order valence-electron chi connectivity index (χ0n) is 11.2.